The van der Waals surface area contributed by atoms with Gasteiger partial charge in [-0.25, -0.2) is 13.1 Å². The molecule has 1 aromatic carbocycles. The molecule has 9 heteroatoms. The number of halogens is 1. The Morgan fingerprint density at radius 1 is 1.50 bits per heavy atom. The highest BCUT2D eigenvalue weighted by Crippen LogP contribution is 2.29. The van der Waals surface area contributed by atoms with Gasteiger partial charge in [0, 0.05) is 24.2 Å². The Balaban J connectivity index is 2.38. The average Bonchev–Trinajstić information content (AvgIpc) is 2.83. The molecule has 0 aromatic heterocycles. The molecule has 20 heavy (non-hydrogen) atoms. The normalized spacial score (nSPS) is 19.2. The highest BCUT2D eigenvalue weighted by Gasteiger charge is 2.26. The zero-order valence-corrected chi connectivity index (χ0v) is 12.3. The second kappa shape index (κ2) is 5.65. The summed E-state index contributed by atoms with van der Waals surface area (Å²) in [5, 5.41) is 14.0. The number of nitrogens with one attached hydrogen (secondary N) is 2. The van der Waals surface area contributed by atoms with Crippen LogP contribution in [0.1, 0.15) is 12.0 Å². The third-order valence-electron chi connectivity index (χ3n) is 3.18. The summed E-state index contributed by atoms with van der Waals surface area (Å²) in [7, 11) is -3.82. The van der Waals surface area contributed by atoms with E-state index in [1.807, 2.05) is 0 Å². The standard InChI is InChI=1S/C11H14ClN3O4S/c1-7-10(12)4-9(5-11(7)15(16)17)20(18,19)14-8-2-3-13-6-8/h4-5,8,13-14H,2-3,6H2,1H3/t8-/m0/s1. The third-order valence-corrected chi connectivity index (χ3v) is 5.07. The largest absolute Gasteiger partial charge is 0.315 e. The van der Waals surface area contributed by atoms with E-state index < -0.39 is 14.9 Å². The highest BCUT2D eigenvalue weighted by molar-refractivity contribution is 7.89. The molecule has 1 aliphatic heterocycles. The van der Waals surface area contributed by atoms with Crippen molar-refractivity contribution < 1.29 is 13.3 Å². The molecule has 1 atom stereocenters. The van der Waals surface area contributed by atoms with Gasteiger partial charge in [0.2, 0.25) is 10.0 Å². The molecular weight excluding hydrogens is 306 g/mol. The fourth-order valence-electron chi connectivity index (χ4n) is 2.03. The molecule has 1 aliphatic rings. The molecule has 2 rings (SSSR count). The van der Waals surface area contributed by atoms with Gasteiger partial charge in [0.1, 0.15) is 0 Å². The maximum absolute atomic E-state index is 12.2. The van der Waals surface area contributed by atoms with Crippen molar-refractivity contribution in [2.45, 2.75) is 24.3 Å². The van der Waals surface area contributed by atoms with Gasteiger partial charge in [-0.15, -0.1) is 0 Å². The van der Waals surface area contributed by atoms with E-state index in [0.29, 0.717) is 13.0 Å². The lowest BCUT2D eigenvalue weighted by molar-refractivity contribution is -0.385. The Bertz CT molecular complexity index is 641. The molecule has 1 saturated heterocycles. The Kier molecular flexibility index (Phi) is 4.28. The average molecular weight is 320 g/mol. The highest BCUT2D eigenvalue weighted by atomic mass is 35.5. The van der Waals surface area contributed by atoms with E-state index in [0.717, 1.165) is 12.6 Å². The second-order valence-corrected chi connectivity index (χ2v) is 6.74. The van der Waals surface area contributed by atoms with Gasteiger partial charge in [0.15, 0.2) is 0 Å². The van der Waals surface area contributed by atoms with E-state index in [1.54, 1.807) is 0 Å². The van der Waals surface area contributed by atoms with Gasteiger partial charge in [-0.3, -0.25) is 10.1 Å². The van der Waals surface area contributed by atoms with Gasteiger partial charge in [-0.2, -0.15) is 0 Å². The first kappa shape index (κ1) is 15.2. The molecular formula is C11H14ClN3O4S. The lowest BCUT2D eigenvalue weighted by atomic mass is 10.2. The molecule has 0 unspecified atom stereocenters. The van der Waals surface area contributed by atoms with Gasteiger partial charge in [0.25, 0.3) is 5.69 Å². The molecule has 110 valence electrons. The summed E-state index contributed by atoms with van der Waals surface area (Å²) in [6.07, 6.45) is 0.681. The Hall–Kier alpha value is -1.22. The van der Waals surface area contributed by atoms with Gasteiger partial charge in [0.05, 0.1) is 14.8 Å². The molecule has 7 nitrogen and oxygen atoms in total. The maximum Gasteiger partial charge on any atom is 0.275 e. The molecule has 2 N–H and O–H groups in total. The van der Waals surface area contributed by atoms with Crippen LogP contribution in [0.25, 0.3) is 0 Å². The maximum atomic E-state index is 12.2. The fraction of sp³-hybridized carbons (Fsp3) is 0.455. The van der Waals surface area contributed by atoms with Crippen LogP contribution in [0.3, 0.4) is 0 Å². The SMILES string of the molecule is Cc1c(Cl)cc(S(=O)(=O)N[C@H]2CCNC2)cc1[N+](=O)[O-]. The predicted molar refractivity (Wildman–Crippen MR) is 74.4 cm³/mol. The molecule has 0 aliphatic carbocycles. The van der Waals surface area contributed by atoms with E-state index in [1.165, 1.54) is 13.0 Å². The number of rotatable bonds is 4. The molecule has 0 bridgehead atoms. The van der Waals surface area contributed by atoms with Gasteiger partial charge >= 0.3 is 0 Å². The number of benzene rings is 1. The van der Waals surface area contributed by atoms with Crippen molar-refractivity contribution in [2.75, 3.05) is 13.1 Å². The minimum absolute atomic E-state index is 0.0594. The fourth-order valence-corrected chi connectivity index (χ4v) is 3.62. The predicted octanol–water partition coefficient (Wildman–Crippen LogP) is 1.20. The molecule has 0 radical (unpaired) electrons. The van der Waals surface area contributed by atoms with Crippen molar-refractivity contribution in [3.05, 3.63) is 32.8 Å². The molecule has 1 heterocycles. The summed E-state index contributed by atoms with van der Waals surface area (Å²) in [4.78, 5) is 10.1. The van der Waals surface area contributed by atoms with Crippen LogP contribution in [0.2, 0.25) is 5.02 Å². The van der Waals surface area contributed by atoms with Crippen LogP contribution < -0.4 is 10.0 Å². The van der Waals surface area contributed by atoms with Crippen molar-refractivity contribution in [2.24, 2.45) is 0 Å². The van der Waals surface area contributed by atoms with Crippen molar-refractivity contribution in [1.29, 1.82) is 0 Å². The van der Waals surface area contributed by atoms with Gasteiger partial charge in [-0.1, -0.05) is 11.6 Å². The molecule has 1 aromatic rings. The van der Waals surface area contributed by atoms with Crippen molar-refractivity contribution >= 4 is 27.3 Å². The summed E-state index contributed by atoms with van der Waals surface area (Å²) < 4.78 is 26.9. The summed E-state index contributed by atoms with van der Waals surface area (Å²) in [6.45, 7) is 2.76. The van der Waals surface area contributed by atoms with Crippen molar-refractivity contribution in [1.82, 2.24) is 10.0 Å². The topological polar surface area (TPSA) is 101 Å². The van der Waals surface area contributed by atoms with E-state index in [4.69, 9.17) is 11.6 Å². The van der Waals surface area contributed by atoms with E-state index in [-0.39, 0.29) is 27.2 Å². The van der Waals surface area contributed by atoms with E-state index in [9.17, 15) is 18.5 Å². The third kappa shape index (κ3) is 3.09. The summed E-state index contributed by atoms with van der Waals surface area (Å²) in [5.74, 6) is 0. The quantitative estimate of drug-likeness (QED) is 0.641. The van der Waals surface area contributed by atoms with Crippen LogP contribution in [0, 0.1) is 17.0 Å². The molecule has 0 spiro atoms. The number of nitro groups is 1. The molecule has 0 amide bonds. The van der Waals surface area contributed by atoms with Crippen LogP contribution in [0.15, 0.2) is 17.0 Å². The minimum atomic E-state index is -3.82. The zero-order chi connectivity index (χ0) is 14.9. The lowest BCUT2D eigenvalue weighted by Crippen LogP contribution is -2.36. The monoisotopic (exact) mass is 319 g/mol. The lowest BCUT2D eigenvalue weighted by Gasteiger charge is -2.12. The van der Waals surface area contributed by atoms with Crippen LogP contribution >= 0.6 is 11.6 Å². The number of hydrogen-bond donors (Lipinski definition) is 2. The van der Waals surface area contributed by atoms with Crippen LogP contribution in [0.5, 0.6) is 0 Å². The van der Waals surface area contributed by atoms with Crippen LogP contribution in [-0.2, 0) is 10.0 Å². The van der Waals surface area contributed by atoms with Gasteiger partial charge < -0.3 is 5.32 Å². The zero-order valence-electron chi connectivity index (χ0n) is 10.7. The first-order valence-electron chi connectivity index (χ1n) is 5.99. The number of hydrogen-bond acceptors (Lipinski definition) is 5. The summed E-state index contributed by atoms with van der Waals surface area (Å²) >= 11 is 5.88. The first-order chi connectivity index (χ1) is 9.31. The van der Waals surface area contributed by atoms with Crippen LogP contribution in [-0.4, -0.2) is 32.5 Å². The summed E-state index contributed by atoms with van der Waals surface area (Å²) in [6, 6.07) is 2.06. The Morgan fingerprint density at radius 3 is 2.75 bits per heavy atom. The Labute approximate surface area is 121 Å². The number of sulfonamides is 1. The summed E-state index contributed by atoms with van der Waals surface area (Å²) in [5.41, 5.74) is -0.0550. The minimum Gasteiger partial charge on any atom is -0.315 e. The number of nitro benzene ring substituents is 1. The van der Waals surface area contributed by atoms with Crippen LogP contribution in [0.4, 0.5) is 5.69 Å². The molecule has 1 fully saturated rings. The van der Waals surface area contributed by atoms with E-state index in [2.05, 4.69) is 10.0 Å². The van der Waals surface area contributed by atoms with E-state index >= 15 is 0 Å². The number of nitrogens with zero attached hydrogens (tertiary/aromatic N) is 1. The van der Waals surface area contributed by atoms with Crippen molar-refractivity contribution in [3.63, 3.8) is 0 Å². The second-order valence-electron chi connectivity index (χ2n) is 4.62. The smallest absolute Gasteiger partial charge is 0.275 e. The molecule has 0 saturated carbocycles. The Morgan fingerprint density at radius 2 is 2.20 bits per heavy atom. The first-order valence-corrected chi connectivity index (χ1v) is 7.85. The van der Waals surface area contributed by atoms with Crippen molar-refractivity contribution in [3.8, 4) is 0 Å². The van der Waals surface area contributed by atoms with Gasteiger partial charge in [-0.05, 0) is 26.0 Å².